The Hall–Kier alpha value is -2.12. The molecule has 1 saturated carbocycles. The van der Waals surface area contributed by atoms with Crippen LogP contribution in [0.3, 0.4) is 0 Å². The standard InChI is InChI=1S/C11H18N6O2/c1-7-3-11(4-7,9(12)16-19)10(18)13-5-8-15-14-6-17(8)2/h6-7,19H,3-5H2,1-2H3,(H2,12,16)(H,13,18). The van der Waals surface area contributed by atoms with E-state index in [2.05, 4.69) is 20.7 Å². The lowest BCUT2D eigenvalue weighted by Crippen LogP contribution is -2.56. The molecule has 104 valence electrons. The van der Waals surface area contributed by atoms with E-state index in [9.17, 15) is 4.79 Å². The second-order valence-electron chi connectivity index (χ2n) is 5.12. The van der Waals surface area contributed by atoms with Gasteiger partial charge in [0.1, 0.15) is 11.7 Å². The molecule has 0 bridgehead atoms. The van der Waals surface area contributed by atoms with Gasteiger partial charge in [-0.2, -0.15) is 0 Å². The maximum absolute atomic E-state index is 12.3. The van der Waals surface area contributed by atoms with Gasteiger partial charge >= 0.3 is 0 Å². The molecule has 8 nitrogen and oxygen atoms in total. The fraction of sp³-hybridized carbons (Fsp3) is 0.636. The third-order valence-electron chi connectivity index (χ3n) is 3.64. The number of carbonyl (C=O) groups is 1. The lowest BCUT2D eigenvalue weighted by atomic mass is 9.61. The number of aromatic nitrogens is 3. The zero-order valence-electron chi connectivity index (χ0n) is 11.0. The third kappa shape index (κ3) is 2.25. The monoisotopic (exact) mass is 266 g/mol. The molecule has 0 aromatic carbocycles. The van der Waals surface area contributed by atoms with Crippen LogP contribution in [0.4, 0.5) is 0 Å². The minimum atomic E-state index is -0.882. The first-order valence-corrected chi connectivity index (χ1v) is 6.09. The number of amidine groups is 1. The van der Waals surface area contributed by atoms with E-state index in [-0.39, 0.29) is 18.3 Å². The summed E-state index contributed by atoms with van der Waals surface area (Å²) in [6, 6.07) is 0. The van der Waals surface area contributed by atoms with Crippen molar-refractivity contribution in [3.05, 3.63) is 12.2 Å². The molecule has 1 aliphatic rings. The molecule has 1 amide bonds. The topological polar surface area (TPSA) is 118 Å². The SMILES string of the molecule is CC1CC(C(=O)NCc2nncn2C)(C(N)=NO)C1. The first kappa shape index (κ1) is 13.3. The number of aryl methyl sites for hydroxylation is 1. The molecule has 1 aromatic heterocycles. The van der Waals surface area contributed by atoms with Crippen LogP contribution < -0.4 is 11.1 Å². The molecule has 0 aliphatic heterocycles. The molecule has 8 heteroatoms. The molecule has 4 N–H and O–H groups in total. The van der Waals surface area contributed by atoms with E-state index in [1.807, 2.05) is 6.92 Å². The molecule has 0 atom stereocenters. The molecule has 0 saturated heterocycles. The van der Waals surface area contributed by atoms with Gasteiger partial charge in [-0.3, -0.25) is 4.79 Å². The van der Waals surface area contributed by atoms with Crippen LogP contribution in [0.15, 0.2) is 11.5 Å². The first-order chi connectivity index (χ1) is 8.99. The highest BCUT2D eigenvalue weighted by Gasteiger charge is 2.52. The van der Waals surface area contributed by atoms with Crippen molar-refractivity contribution in [1.82, 2.24) is 20.1 Å². The molecule has 0 spiro atoms. The minimum Gasteiger partial charge on any atom is -0.409 e. The van der Waals surface area contributed by atoms with Crippen molar-refractivity contribution in [2.24, 2.45) is 29.3 Å². The summed E-state index contributed by atoms with van der Waals surface area (Å²) in [5.41, 5.74) is 4.78. The number of nitrogens with one attached hydrogen (secondary N) is 1. The molecule has 1 fully saturated rings. The molecule has 19 heavy (non-hydrogen) atoms. The number of nitrogens with two attached hydrogens (primary N) is 1. The Balaban J connectivity index is 2.04. The van der Waals surface area contributed by atoms with Gasteiger partial charge in [0.25, 0.3) is 0 Å². The van der Waals surface area contributed by atoms with E-state index in [0.29, 0.717) is 24.6 Å². The second kappa shape index (κ2) is 4.87. The van der Waals surface area contributed by atoms with Gasteiger partial charge in [0.2, 0.25) is 5.91 Å². The van der Waals surface area contributed by atoms with Crippen LogP contribution in [0.25, 0.3) is 0 Å². The lowest BCUT2D eigenvalue weighted by molar-refractivity contribution is -0.133. The molecule has 1 aliphatic carbocycles. The fourth-order valence-corrected chi connectivity index (χ4v) is 2.53. The number of hydrogen-bond donors (Lipinski definition) is 3. The van der Waals surface area contributed by atoms with Crippen molar-refractivity contribution in [3.8, 4) is 0 Å². The summed E-state index contributed by atoms with van der Waals surface area (Å²) in [5.74, 6) is 0.779. The van der Waals surface area contributed by atoms with Crippen molar-refractivity contribution in [2.75, 3.05) is 0 Å². The summed E-state index contributed by atoms with van der Waals surface area (Å²) in [5, 5.41) is 22.2. The van der Waals surface area contributed by atoms with Crippen LogP contribution in [0.2, 0.25) is 0 Å². The Morgan fingerprint density at radius 1 is 1.74 bits per heavy atom. The van der Waals surface area contributed by atoms with Crippen LogP contribution >= 0.6 is 0 Å². The van der Waals surface area contributed by atoms with Crippen LogP contribution in [0.1, 0.15) is 25.6 Å². The molecule has 1 aromatic rings. The summed E-state index contributed by atoms with van der Waals surface area (Å²) in [7, 11) is 1.80. The largest absolute Gasteiger partial charge is 0.409 e. The maximum Gasteiger partial charge on any atom is 0.234 e. The normalized spacial score (nSPS) is 26.8. The average Bonchev–Trinajstić information content (AvgIpc) is 2.76. The Kier molecular flexibility index (Phi) is 3.41. The van der Waals surface area contributed by atoms with E-state index < -0.39 is 5.41 Å². The molecule has 0 radical (unpaired) electrons. The number of amides is 1. The maximum atomic E-state index is 12.3. The zero-order valence-corrected chi connectivity index (χ0v) is 11.0. The Labute approximate surface area is 110 Å². The highest BCUT2D eigenvalue weighted by atomic mass is 16.4. The van der Waals surface area contributed by atoms with Gasteiger partial charge in [-0.1, -0.05) is 12.1 Å². The smallest absolute Gasteiger partial charge is 0.234 e. The van der Waals surface area contributed by atoms with Crippen LogP contribution in [-0.2, 0) is 18.4 Å². The second-order valence-corrected chi connectivity index (χ2v) is 5.12. The van der Waals surface area contributed by atoms with Crippen molar-refractivity contribution < 1.29 is 10.0 Å². The van der Waals surface area contributed by atoms with E-state index in [1.165, 1.54) is 0 Å². The van der Waals surface area contributed by atoms with Crippen LogP contribution in [0.5, 0.6) is 0 Å². The lowest BCUT2D eigenvalue weighted by Gasteiger charge is -2.43. The summed E-state index contributed by atoms with van der Waals surface area (Å²) in [6.07, 6.45) is 2.74. The number of carbonyl (C=O) groups excluding carboxylic acids is 1. The molecular formula is C11H18N6O2. The highest BCUT2D eigenvalue weighted by Crippen LogP contribution is 2.45. The van der Waals surface area contributed by atoms with Crippen molar-refractivity contribution in [1.29, 1.82) is 0 Å². The third-order valence-corrected chi connectivity index (χ3v) is 3.64. The van der Waals surface area contributed by atoms with Gasteiger partial charge in [-0.25, -0.2) is 0 Å². The van der Waals surface area contributed by atoms with Gasteiger partial charge < -0.3 is 20.8 Å². The predicted molar refractivity (Wildman–Crippen MR) is 67.1 cm³/mol. The Bertz CT molecular complexity index is 503. The van der Waals surface area contributed by atoms with E-state index in [1.54, 1.807) is 17.9 Å². The summed E-state index contributed by atoms with van der Waals surface area (Å²) in [6.45, 7) is 2.29. The summed E-state index contributed by atoms with van der Waals surface area (Å²) in [4.78, 5) is 12.3. The summed E-state index contributed by atoms with van der Waals surface area (Å²) >= 11 is 0. The van der Waals surface area contributed by atoms with Gasteiger partial charge in [-0.15, -0.1) is 10.2 Å². The van der Waals surface area contributed by atoms with Gasteiger partial charge in [0, 0.05) is 7.05 Å². The molecule has 2 rings (SSSR count). The van der Waals surface area contributed by atoms with Gasteiger partial charge in [0.05, 0.1) is 6.54 Å². The van der Waals surface area contributed by atoms with E-state index >= 15 is 0 Å². The highest BCUT2D eigenvalue weighted by molar-refractivity contribution is 6.07. The van der Waals surface area contributed by atoms with Crippen molar-refractivity contribution >= 4 is 11.7 Å². The number of oxime groups is 1. The number of rotatable bonds is 4. The first-order valence-electron chi connectivity index (χ1n) is 6.09. The predicted octanol–water partition coefficient (Wildman–Crippen LogP) is -0.406. The van der Waals surface area contributed by atoms with Gasteiger partial charge in [0.15, 0.2) is 11.7 Å². The minimum absolute atomic E-state index is 0.0268. The zero-order chi connectivity index (χ0) is 14.0. The van der Waals surface area contributed by atoms with E-state index in [0.717, 1.165) is 0 Å². The quantitative estimate of drug-likeness (QED) is 0.296. The number of hydrogen-bond acceptors (Lipinski definition) is 5. The Morgan fingerprint density at radius 3 is 2.89 bits per heavy atom. The molecule has 0 unspecified atom stereocenters. The van der Waals surface area contributed by atoms with E-state index in [4.69, 9.17) is 10.9 Å². The van der Waals surface area contributed by atoms with Crippen molar-refractivity contribution in [2.45, 2.75) is 26.3 Å². The summed E-state index contributed by atoms with van der Waals surface area (Å²) < 4.78 is 1.72. The Morgan fingerprint density at radius 2 is 2.42 bits per heavy atom. The van der Waals surface area contributed by atoms with Crippen LogP contribution in [-0.4, -0.2) is 31.7 Å². The average molecular weight is 266 g/mol. The van der Waals surface area contributed by atoms with Crippen LogP contribution in [0, 0.1) is 11.3 Å². The van der Waals surface area contributed by atoms with Crippen molar-refractivity contribution in [3.63, 3.8) is 0 Å². The molecule has 1 heterocycles. The number of nitrogens with zero attached hydrogens (tertiary/aromatic N) is 4. The van der Waals surface area contributed by atoms with Gasteiger partial charge in [-0.05, 0) is 18.8 Å². The molecular weight excluding hydrogens is 248 g/mol. The fourth-order valence-electron chi connectivity index (χ4n) is 2.53.